The van der Waals surface area contributed by atoms with Gasteiger partial charge in [0.2, 0.25) is 0 Å². The number of esters is 1. The maximum absolute atomic E-state index is 12.5. The van der Waals surface area contributed by atoms with Gasteiger partial charge in [-0.1, -0.05) is 19.4 Å². The van der Waals surface area contributed by atoms with Crippen LogP contribution >= 0.6 is 0 Å². The Labute approximate surface area is 145 Å². The zero-order valence-electron chi connectivity index (χ0n) is 15.3. The Balaban J connectivity index is 1.61. The number of ether oxygens (including phenoxy) is 1. The minimum atomic E-state index is -0.174. The second-order valence-corrected chi connectivity index (χ2v) is 9.13. The van der Waals surface area contributed by atoms with Gasteiger partial charge in [-0.05, 0) is 74.2 Å². The summed E-state index contributed by atoms with van der Waals surface area (Å²) in [5.41, 5.74) is 1.74. The molecule has 0 spiro atoms. The van der Waals surface area contributed by atoms with Gasteiger partial charge in [0.1, 0.15) is 11.9 Å². The molecule has 24 heavy (non-hydrogen) atoms. The molecule has 0 aromatic rings. The number of allylic oxidation sites excluding steroid dienone is 1. The zero-order valence-corrected chi connectivity index (χ0v) is 15.3. The minimum Gasteiger partial charge on any atom is -0.458 e. The molecule has 4 rings (SSSR count). The summed E-state index contributed by atoms with van der Waals surface area (Å²) in [5, 5.41) is 0. The zero-order chi connectivity index (χ0) is 17.1. The topological polar surface area (TPSA) is 43.4 Å². The van der Waals surface area contributed by atoms with Gasteiger partial charge in [-0.15, -0.1) is 0 Å². The van der Waals surface area contributed by atoms with Crippen LogP contribution in [0.3, 0.4) is 0 Å². The largest absolute Gasteiger partial charge is 0.458 e. The second kappa shape index (κ2) is 5.44. The fourth-order valence-corrected chi connectivity index (χ4v) is 6.77. The lowest BCUT2D eigenvalue weighted by molar-refractivity contribution is -0.145. The lowest BCUT2D eigenvalue weighted by Crippen LogP contribution is -2.50. The molecular weight excluding hydrogens is 300 g/mol. The van der Waals surface area contributed by atoms with Crippen LogP contribution in [0.2, 0.25) is 0 Å². The van der Waals surface area contributed by atoms with Crippen LogP contribution in [0.1, 0.15) is 72.1 Å². The van der Waals surface area contributed by atoms with Crippen LogP contribution in [0.4, 0.5) is 0 Å². The van der Waals surface area contributed by atoms with Crippen LogP contribution in [0.15, 0.2) is 11.6 Å². The van der Waals surface area contributed by atoms with E-state index < -0.39 is 0 Å². The van der Waals surface area contributed by atoms with E-state index in [9.17, 15) is 9.59 Å². The number of ketones is 1. The Morgan fingerprint density at radius 3 is 2.50 bits per heavy atom. The Bertz CT molecular complexity index is 606. The van der Waals surface area contributed by atoms with E-state index in [1.54, 1.807) is 0 Å². The van der Waals surface area contributed by atoms with Gasteiger partial charge in [-0.25, -0.2) is 0 Å². The van der Waals surface area contributed by atoms with Crippen LogP contribution in [0.5, 0.6) is 0 Å². The van der Waals surface area contributed by atoms with Crippen molar-refractivity contribution < 1.29 is 14.3 Å². The third-order valence-electron chi connectivity index (χ3n) is 8.10. The fraction of sp³-hybridized carbons (Fsp3) is 0.810. The first-order valence-electron chi connectivity index (χ1n) is 9.76. The highest BCUT2D eigenvalue weighted by Crippen LogP contribution is 2.64. The average molecular weight is 330 g/mol. The predicted molar refractivity (Wildman–Crippen MR) is 92.3 cm³/mol. The van der Waals surface area contributed by atoms with Gasteiger partial charge in [0.15, 0.2) is 0 Å². The molecule has 132 valence electrons. The molecule has 0 saturated heterocycles. The quantitative estimate of drug-likeness (QED) is 0.527. The number of hydrogen-bond donors (Lipinski definition) is 0. The molecular formula is C21H30O3. The summed E-state index contributed by atoms with van der Waals surface area (Å²) in [4.78, 5) is 23.7. The van der Waals surface area contributed by atoms with Gasteiger partial charge in [0.05, 0.1) is 0 Å². The highest BCUT2D eigenvalue weighted by atomic mass is 16.5. The van der Waals surface area contributed by atoms with Crippen LogP contribution < -0.4 is 0 Å². The monoisotopic (exact) mass is 330 g/mol. The molecule has 0 aromatic carbocycles. The molecule has 4 aliphatic carbocycles. The van der Waals surface area contributed by atoms with E-state index in [-0.39, 0.29) is 22.9 Å². The lowest BCUT2D eigenvalue weighted by atomic mass is 9.47. The number of carbonyl (C=O) groups is 2. The molecule has 0 radical (unpaired) electrons. The highest BCUT2D eigenvalue weighted by Gasteiger charge is 2.58. The maximum Gasteiger partial charge on any atom is 0.303 e. The minimum absolute atomic E-state index is 0.0240. The third-order valence-corrected chi connectivity index (χ3v) is 8.10. The van der Waals surface area contributed by atoms with Crippen molar-refractivity contribution in [3.05, 3.63) is 11.6 Å². The summed E-state index contributed by atoms with van der Waals surface area (Å²) in [6.07, 6.45) is 10.8. The van der Waals surface area contributed by atoms with Crippen molar-refractivity contribution in [3.63, 3.8) is 0 Å². The highest BCUT2D eigenvalue weighted by molar-refractivity contribution is 5.87. The van der Waals surface area contributed by atoms with Gasteiger partial charge >= 0.3 is 5.97 Å². The predicted octanol–water partition coefficient (Wildman–Crippen LogP) is 4.45. The van der Waals surface area contributed by atoms with E-state index in [2.05, 4.69) is 19.9 Å². The molecule has 3 nitrogen and oxygen atoms in total. The Morgan fingerprint density at radius 1 is 1.04 bits per heavy atom. The molecule has 0 aromatic heterocycles. The van der Waals surface area contributed by atoms with E-state index in [1.807, 2.05) is 0 Å². The first-order valence-corrected chi connectivity index (χ1v) is 9.76. The van der Waals surface area contributed by atoms with Gasteiger partial charge in [-0.2, -0.15) is 0 Å². The number of fused-ring (bicyclic) bond motifs is 5. The molecule has 0 heterocycles. The SMILES string of the molecule is CC(=O)O[C@@H]1C=C2CC[C@@H]3[C@H](CC[C@]4(C)C(=O)CC[C@@H]34)[C@@]2(C)CC1. The summed E-state index contributed by atoms with van der Waals surface area (Å²) >= 11 is 0. The number of hydrogen-bond acceptors (Lipinski definition) is 3. The molecule has 0 bridgehead atoms. The van der Waals surface area contributed by atoms with Crippen molar-refractivity contribution in [2.75, 3.05) is 0 Å². The van der Waals surface area contributed by atoms with Crippen molar-refractivity contribution in [1.29, 1.82) is 0 Å². The van der Waals surface area contributed by atoms with Gasteiger partial charge in [-0.3, -0.25) is 9.59 Å². The summed E-state index contributed by atoms with van der Waals surface area (Å²) in [5.74, 6) is 2.37. The third kappa shape index (κ3) is 2.23. The van der Waals surface area contributed by atoms with Crippen molar-refractivity contribution in [3.8, 4) is 0 Å². The van der Waals surface area contributed by atoms with Gasteiger partial charge in [0, 0.05) is 18.8 Å². The summed E-state index contributed by atoms with van der Waals surface area (Å²) in [6, 6.07) is 0. The molecule has 3 saturated carbocycles. The maximum atomic E-state index is 12.5. The molecule has 6 atom stereocenters. The average Bonchev–Trinajstić information content (AvgIpc) is 2.83. The van der Waals surface area contributed by atoms with E-state index in [0.29, 0.717) is 23.5 Å². The first-order chi connectivity index (χ1) is 11.3. The normalized spacial score (nSPS) is 47.3. The molecule has 0 N–H and O–H groups in total. The van der Waals surface area contributed by atoms with Crippen LogP contribution in [-0.2, 0) is 14.3 Å². The van der Waals surface area contributed by atoms with E-state index in [1.165, 1.54) is 25.3 Å². The van der Waals surface area contributed by atoms with E-state index in [4.69, 9.17) is 4.74 Å². The number of Topliss-reactive ketones (excluding diaryl/α,β-unsaturated/α-hetero) is 1. The van der Waals surface area contributed by atoms with Crippen molar-refractivity contribution in [2.24, 2.45) is 28.6 Å². The Kier molecular flexibility index (Phi) is 3.71. The van der Waals surface area contributed by atoms with Crippen LogP contribution in [0, 0.1) is 28.6 Å². The summed E-state index contributed by atoms with van der Waals surface area (Å²) in [7, 11) is 0. The van der Waals surface area contributed by atoms with Crippen molar-refractivity contribution in [2.45, 2.75) is 78.2 Å². The first kappa shape index (κ1) is 16.4. The molecule has 4 aliphatic rings. The molecule has 0 aliphatic heterocycles. The molecule has 0 amide bonds. The van der Waals surface area contributed by atoms with Gasteiger partial charge in [0.25, 0.3) is 0 Å². The molecule has 0 unspecified atom stereocenters. The van der Waals surface area contributed by atoms with Gasteiger partial charge < -0.3 is 4.74 Å². The number of carbonyl (C=O) groups excluding carboxylic acids is 2. The standard InChI is InChI=1S/C21H30O3/c1-13(22)24-15-8-10-20(2)14(12-15)4-5-16-17-6-7-19(23)21(17,3)11-9-18(16)20/h12,15-18H,4-11H2,1-3H3/t15-,16-,17-,18-,20-,21-/m0/s1. The molecule has 3 fully saturated rings. The van der Waals surface area contributed by atoms with Crippen LogP contribution in [-0.4, -0.2) is 17.9 Å². The molecule has 3 heteroatoms. The Hall–Kier alpha value is -1.12. The van der Waals surface area contributed by atoms with Crippen LogP contribution in [0.25, 0.3) is 0 Å². The smallest absolute Gasteiger partial charge is 0.303 e. The lowest BCUT2D eigenvalue weighted by Gasteiger charge is -2.57. The fourth-order valence-electron chi connectivity index (χ4n) is 6.77. The van der Waals surface area contributed by atoms with E-state index >= 15 is 0 Å². The summed E-state index contributed by atoms with van der Waals surface area (Å²) in [6.45, 7) is 6.19. The van der Waals surface area contributed by atoms with Crippen molar-refractivity contribution >= 4 is 11.8 Å². The Morgan fingerprint density at radius 2 is 1.75 bits per heavy atom. The number of rotatable bonds is 1. The second-order valence-electron chi connectivity index (χ2n) is 9.13. The summed E-state index contributed by atoms with van der Waals surface area (Å²) < 4.78 is 5.46. The van der Waals surface area contributed by atoms with Crippen molar-refractivity contribution in [1.82, 2.24) is 0 Å². The van der Waals surface area contributed by atoms with E-state index in [0.717, 1.165) is 38.5 Å².